The summed E-state index contributed by atoms with van der Waals surface area (Å²) in [6, 6.07) is 8.00. The van der Waals surface area contributed by atoms with Crippen LogP contribution >= 0.6 is 0 Å². The maximum Gasteiger partial charge on any atom is 0.249 e. The number of hydrogen-bond donors (Lipinski definition) is 3. The van der Waals surface area contributed by atoms with Gasteiger partial charge in [-0.3, -0.25) is 9.89 Å². The van der Waals surface area contributed by atoms with Gasteiger partial charge >= 0.3 is 0 Å². The quantitative estimate of drug-likeness (QED) is 0.780. The topological polar surface area (TPSA) is 83.8 Å². The molecule has 0 saturated carbocycles. The van der Waals surface area contributed by atoms with Crippen molar-refractivity contribution in [2.45, 2.75) is 18.9 Å². The van der Waals surface area contributed by atoms with Gasteiger partial charge in [-0.15, -0.1) is 0 Å². The highest BCUT2D eigenvalue weighted by Crippen LogP contribution is 2.29. The van der Waals surface area contributed by atoms with Gasteiger partial charge in [0.05, 0.1) is 5.69 Å². The Balaban J connectivity index is 2.07. The van der Waals surface area contributed by atoms with Gasteiger partial charge in [-0.25, -0.2) is 0 Å². The van der Waals surface area contributed by atoms with Crippen LogP contribution in [0.1, 0.15) is 34.8 Å². The van der Waals surface area contributed by atoms with Crippen LogP contribution in [0, 0.1) is 0 Å². The summed E-state index contributed by atoms with van der Waals surface area (Å²) in [4.78, 5) is 11.5. The van der Waals surface area contributed by atoms with Crippen molar-refractivity contribution in [3.8, 4) is 11.3 Å². The second kappa shape index (κ2) is 4.85. The predicted molar refractivity (Wildman–Crippen MR) is 72.5 cm³/mol. The van der Waals surface area contributed by atoms with Crippen LogP contribution in [0.25, 0.3) is 11.3 Å². The number of primary amides is 1. The van der Waals surface area contributed by atoms with Crippen molar-refractivity contribution in [2.75, 3.05) is 6.54 Å². The Morgan fingerprint density at radius 3 is 2.89 bits per heavy atom. The Kier molecular flexibility index (Phi) is 3.05. The maximum absolute atomic E-state index is 11.5. The fourth-order valence-corrected chi connectivity index (χ4v) is 2.59. The molecule has 1 aromatic carbocycles. The smallest absolute Gasteiger partial charge is 0.249 e. The van der Waals surface area contributed by atoms with Gasteiger partial charge in [-0.05, 0) is 43.1 Å². The first-order valence-corrected chi connectivity index (χ1v) is 6.42. The average Bonchev–Trinajstić information content (AvgIpc) is 3.11. The lowest BCUT2D eigenvalue weighted by molar-refractivity contribution is 0.100. The van der Waals surface area contributed by atoms with Gasteiger partial charge in [-0.1, -0.05) is 6.07 Å². The number of nitrogens with two attached hydrogens (primary N) is 1. The third-order valence-corrected chi connectivity index (χ3v) is 3.56. The molecule has 0 spiro atoms. The van der Waals surface area contributed by atoms with Gasteiger partial charge in [0.15, 0.2) is 0 Å². The van der Waals surface area contributed by atoms with Gasteiger partial charge in [0, 0.05) is 23.4 Å². The largest absolute Gasteiger partial charge is 0.366 e. The van der Waals surface area contributed by atoms with Gasteiger partial charge in [0.25, 0.3) is 0 Å². The van der Waals surface area contributed by atoms with E-state index in [0.29, 0.717) is 11.6 Å². The highest BCUT2D eigenvalue weighted by atomic mass is 16.1. The SMILES string of the molecule is NC(=O)c1ccc(C2CCCN2)cc1-c1ccn[nH]1. The first-order chi connectivity index (χ1) is 9.25. The Hall–Kier alpha value is -2.14. The molecular formula is C14H16N4O. The molecule has 3 rings (SSSR count). The van der Waals surface area contributed by atoms with Crippen molar-refractivity contribution in [1.29, 1.82) is 0 Å². The van der Waals surface area contributed by atoms with E-state index in [9.17, 15) is 4.79 Å². The number of aromatic amines is 1. The molecule has 0 aliphatic carbocycles. The number of carbonyl (C=O) groups excluding carboxylic acids is 1. The van der Waals surface area contributed by atoms with E-state index in [0.717, 1.165) is 24.2 Å². The lowest BCUT2D eigenvalue weighted by Gasteiger charge is -2.13. The molecule has 1 fully saturated rings. The molecule has 1 saturated heterocycles. The summed E-state index contributed by atoms with van der Waals surface area (Å²) in [6.45, 7) is 1.04. The third-order valence-electron chi connectivity index (χ3n) is 3.56. The summed E-state index contributed by atoms with van der Waals surface area (Å²) in [7, 11) is 0. The van der Waals surface area contributed by atoms with Gasteiger partial charge in [0.2, 0.25) is 5.91 Å². The van der Waals surface area contributed by atoms with Crippen molar-refractivity contribution < 1.29 is 4.79 Å². The number of hydrogen-bond acceptors (Lipinski definition) is 3. The third kappa shape index (κ3) is 2.24. The first-order valence-electron chi connectivity index (χ1n) is 6.42. The van der Waals surface area contributed by atoms with E-state index < -0.39 is 5.91 Å². The Labute approximate surface area is 111 Å². The summed E-state index contributed by atoms with van der Waals surface area (Å²) in [6.07, 6.45) is 3.97. The van der Waals surface area contributed by atoms with E-state index >= 15 is 0 Å². The zero-order chi connectivity index (χ0) is 13.2. The van der Waals surface area contributed by atoms with Crippen LogP contribution in [0.3, 0.4) is 0 Å². The van der Waals surface area contributed by atoms with Crippen molar-refractivity contribution in [1.82, 2.24) is 15.5 Å². The van der Waals surface area contributed by atoms with E-state index in [4.69, 9.17) is 5.73 Å². The molecule has 2 heterocycles. The fourth-order valence-electron chi connectivity index (χ4n) is 2.59. The summed E-state index contributed by atoms with van der Waals surface area (Å²) < 4.78 is 0. The molecule has 98 valence electrons. The summed E-state index contributed by atoms with van der Waals surface area (Å²) in [5, 5.41) is 10.3. The second-order valence-corrected chi connectivity index (χ2v) is 4.79. The molecule has 19 heavy (non-hydrogen) atoms. The van der Waals surface area contributed by atoms with Crippen molar-refractivity contribution in [3.05, 3.63) is 41.6 Å². The molecule has 5 heteroatoms. The molecule has 1 aromatic heterocycles. The number of amides is 1. The van der Waals surface area contributed by atoms with E-state index in [1.165, 1.54) is 12.0 Å². The second-order valence-electron chi connectivity index (χ2n) is 4.79. The van der Waals surface area contributed by atoms with Crippen LogP contribution in [-0.2, 0) is 0 Å². The molecule has 5 nitrogen and oxygen atoms in total. The van der Waals surface area contributed by atoms with Gasteiger partial charge < -0.3 is 11.1 Å². The predicted octanol–water partition coefficient (Wildman–Crippen LogP) is 1.60. The molecule has 1 aliphatic heterocycles. The van der Waals surface area contributed by atoms with E-state index in [1.54, 1.807) is 12.3 Å². The molecule has 1 unspecified atom stereocenters. The Bertz CT molecular complexity index is 585. The Morgan fingerprint density at radius 1 is 1.37 bits per heavy atom. The maximum atomic E-state index is 11.5. The minimum atomic E-state index is -0.421. The standard InChI is InChI=1S/C14H16N4O/c15-14(19)10-4-3-9(12-2-1-6-16-12)8-11(10)13-5-7-17-18-13/h3-5,7-8,12,16H,1-2,6H2,(H2,15,19)(H,17,18). The van der Waals surface area contributed by atoms with E-state index in [2.05, 4.69) is 15.5 Å². The van der Waals surface area contributed by atoms with Crippen LogP contribution in [0.5, 0.6) is 0 Å². The molecule has 0 radical (unpaired) electrons. The normalized spacial score (nSPS) is 18.6. The average molecular weight is 256 g/mol. The summed E-state index contributed by atoms with van der Waals surface area (Å²) in [5.74, 6) is -0.421. The van der Waals surface area contributed by atoms with Crippen LogP contribution in [0.15, 0.2) is 30.5 Å². The number of carbonyl (C=O) groups is 1. The minimum absolute atomic E-state index is 0.364. The van der Waals surface area contributed by atoms with E-state index in [-0.39, 0.29) is 0 Å². The fraction of sp³-hybridized carbons (Fsp3) is 0.286. The number of H-pyrrole nitrogens is 1. The number of nitrogens with zero attached hydrogens (tertiary/aromatic N) is 1. The monoisotopic (exact) mass is 256 g/mol. The Morgan fingerprint density at radius 2 is 2.26 bits per heavy atom. The lowest BCUT2D eigenvalue weighted by Crippen LogP contribution is -2.15. The molecule has 0 bridgehead atoms. The lowest BCUT2D eigenvalue weighted by atomic mass is 9.96. The van der Waals surface area contributed by atoms with Crippen molar-refractivity contribution in [2.24, 2.45) is 5.73 Å². The van der Waals surface area contributed by atoms with Gasteiger partial charge in [-0.2, -0.15) is 5.10 Å². The number of benzene rings is 1. The van der Waals surface area contributed by atoms with Gasteiger partial charge in [0.1, 0.15) is 0 Å². The van der Waals surface area contributed by atoms with Crippen LogP contribution < -0.4 is 11.1 Å². The van der Waals surface area contributed by atoms with Crippen molar-refractivity contribution in [3.63, 3.8) is 0 Å². The minimum Gasteiger partial charge on any atom is -0.366 e. The van der Waals surface area contributed by atoms with Crippen molar-refractivity contribution >= 4 is 5.91 Å². The highest BCUT2D eigenvalue weighted by molar-refractivity contribution is 5.99. The molecule has 2 aromatic rings. The highest BCUT2D eigenvalue weighted by Gasteiger charge is 2.19. The molecular weight excluding hydrogens is 240 g/mol. The summed E-state index contributed by atoms with van der Waals surface area (Å²) in [5.41, 5.74) is 8.77. The summed E-state index contributed by atoms with van der Waals surface area (Å²) >= 11 is 0. The zero-order valence-corrected chi connectivity index (χ0v) is 10.5. The van der Waals surface area contributed by atoms with Crippen LogP contribution in [-0.4, -0.2) is 22.6 Å². The zero-order valence-electron chi connectivity index (χ0n) is 10.5. The molecule has 4 N–H and O–H groups in total. The van der Waals surface area contributed by atoms with E-state index in [1.807, 2.05) is 18.2 Å². The van der Waals surface area contributed by atoms with Crippen LogP contribution in [0.2, 0.25) is 0 Å². The molecule has 1 aliphatic rings. The molecule has 1 amide bonds. The first kappa shape index (κ1) is 11.9. The number of nitrogens with one attached hydrogen (secondary N) is 2. The number of aromatic nitrogens is 2. The van der Waals surface area contributed by atoms with Crippen LogP contribution in [0.4, 0.5) is 0 Å². The molecule has 1 atom stereocenters. The number of rotatable bonds is 3.